The quantitative estimate of drug-likeness (QED) is 0.739. The van der Waals surface area contributed by atoms with E-state index in [2.05, 4.69) is 10.2 Å². The smallest absolute Gasteiger partial charge is 0.315 e. The normalized spacial score (nSPS) is 10.3. The molecule has 3 aromatic rings. The number of hydrogen-bond donors (Lipinski definition) is 0. The van der Waals surface area contributed by atoms with Gasteiger partial charge in [-0.15, -0.1) is 10.2 Å². The Morgan fingerprint density at radius 1 is 0.952 bits per heavy atom. The zero-order valence-corrected chi connectivity index (χ0v) is 11.4. The molecule has 0 aliphatic heterocycles. The van der Waals surface area contributed by atoms with Gasteiger partial charge >= 0.3 is 11.8 Å². The summed E-state index contributed by atoms with van der Waals surface area (Å²) in [5, 5.41) is 7.75. The molecule has 104 valence electrons. The summed E-state index contributed by atoms with van der Waals surface area (Å²) in [6, 6.07) is 18.6. The van der Waals surface area contributed by atoms with E-state index in [1.54, 1.807) is 7.05 Å². The number of amides is 1. The molecular weight excluding hydrogens is 266 g/mol. The van der Waals surface area contributed by atoms with Crippen LogP contribution in [0.25, 0.3) is 11.5 Å². The van der Waals surface area contributed by atoms with E-state index in [1.807, 2.05) is 60.7 Å². The number of benzene rings is 2. The molecule has 0 N–H and O–H groups in total. The lowest BCUT2D eigenvalue weighted by molar-refractivity contribution is 0.0960. The van der Waals surface area contributed by atoms with Crippen LogP contribution in [0.3, 0.4) is 0 Å². The van der Waals surface area contributed by atoms with Crippen LogP contribution in [0.4, 0.5) is 5.69 Å². The maximum absolute atomic E-state index is 12.3. The molecule has 0 atom stereocenters. The van der Waals surface area contributed by atoms with Gasteiger partial charge in [-0.25, -0.2) is 0 Å². The number of rotatable bonds is 3. The molecule has 1 amide bonds. The van der Waals surface area contributed by atoms with Crippen molar-refractivity contribution in [2.45, 2.75) is 0 Å². The van der Waals surface area contributed by atoms with Crippen molar-refractivity contribution in [1.29, 1.82) is 0 Å². The number of carbonyl (C=O) groups is 1. The number of aromatic nitrogens is 2. The summed E-state index contributed by atoms with van der Waals surface area (Å²) in [7, 11) is 1.67. The van der Waals surface area contributed by atoms with Gasteiger partial charge in [-0.3, -0.25) is 4.79 Å². The van der Waals surface area contributed by atoms with Crippen molar-refractivity contribution < 1.29 is 9.21 Å². The Kier molecular flexibility index (Phi) is 3.47. The molecule has 3 rings (SSSR count). The molecule has 0 aliphatic rings. The Hall–Kier alpha value is -2.95. The second-order valence-corrected chi connectivity index (χ2v) is 4.48. The topological polar surface area (TPSA) is 59.2 Å². The molecular formula is C16H13N3O2. The van der Waals surface area contributed by atoms with Gasteiger partial charge in [0.25, 0.3) is 0 Å². The van der Waals surface area contributed by atoms with Gasteiger partial charge in [-0.2, -0.15) is 0 Å². The summed E-state index contributed by atoms with van der Waals surface area (Å²) in [6.45, 7) is 0. The van der Waals surface area contributed by atoms with Crippen molar-refractivity contribution >= 4 is 11.6 Å². The van der Waals surface area contributed by atoms with Crippen LogP contribution in [0.5, 0.6) is 0 Å². The van der Waals surface area contributed by atoms with Gasteiger partial charge < -0.3 is 9.32 Å². The molecule has 1 aromatic heterocycles. The fourth-order valence-electron chi connectivity index (χ4n) is 1.92. The minimum absolute atomic E-state index is 0.0276. The first kappa shape index (κ1) is 13.1. The van der Waals surface area contributed by atoms with E-state index in [0.29, 0.717) is 5.89 Å². The van der Waals surface area contributed by atoms with Crippen LogP contribution in [-0.2, 0) is 0 Å². The molecule has 0 saturated heterocycles. The van der Waals surface area contributed by atoms with Crippen LogP contribution in [0.2, 0.25) is 0 Å². The summed E-state index contributed by atoms with van der Waals surface area (Å²) in [6.07, 6.45) is 0. The van der Waals surface area contributed by atoms with E-state index >= 15 is 0 Å². The highest BCUT2D eigenvalue weighted by Crippen LogP contribution is 2.19. The average molecular weight is 279 g/mol. The van der Waals surface area contributed by atoms with Gasteiger partial charge in [0.2, 0.25) is 5.89 Å². The maximum Gasteiger partial charge on any atom is 0.315 e. The lowest BCUT2D eigenvalue weighted by Crippen LogP contribution is -2.26. The van der Waals surface area contributed by atoms with E-state index in [1.165, 1.54) is 4.90 Å². The molecule has 0 bridgehead atoms. The van der Waals surface area contributed by atoms with Gasteiger partial charge in [0, 0.05) is 18.3 Å². The summed E-state index contributed by atoms with van der Waals surface area (Å²) in [5.41, 5.74) is 1.55. The van der Waals surface area contributed by atoms with Crippen molar-refractivity contribution in [2.75, 3.05) is 11.9 Å². The standard InChI is InChI=1S/C16H13N3O2/c1-19(13-10-6-3-7-11-13)16(20)15-18-17-14(21-15)12-8-4-2-5-9-12/h2-11H,1H3. The van der Waals surface area contributed by atoms with E-state index in [-0.39, 0.29) is 11.8 Å². The molecule has 0 saturated carbocycles. The fraction of sp³-hybridized carbons (Fsp3) is 0.0625. The van der Waals surface area contributed by atoms with Crippen molar-refractivity contribution in [3.8, 4) is 11.5 Å². The van der Waals surface area contributed by atoms with E-state index in [4.69, 9.17) is 4.42 Å². The Morgan fingerprint density at radius 3 is 2.24 bits per heavy atom. The second kappa shape index (κ2) is 5.58. The molecule has 0 aliphatic carbocycles. The predicted octanol–water partition coefficient (Wildman–Crippen LogP) is 3.01. The number of anilines is 1. The lowest BCUT2D eigenvalue weighted by atomic mass is 10.2. The summed E-state index contributed by atoms with van der Waals surface area (Å²) in [4.78, 5) is 13.8. The number of hydrogen-bond acceptors (Lipinski definition) is 4. The summed E-state index contributed by atoms with van der Waals surface area (Å²) >= 11 is 0. The number of nitrogens with zero attached hydrogens (tertiary/aromatic N) is 3. The van der Waals surface area contributed by atoms with Crippen molar-refractivity contribution in [1.82, 2.24) is 10.2 Å². The first-order valence-corrected chi connectivity index (χ1v) is 6.48. The predicted molar refractivity (Wildman–Crippen MR) is 78.9 cm³/mol. The highest BCUT2D eigenvalue weighted by Gasteiger charge is 2.20. The monoisotopic (exact) mass is 279 g/mol. The third-order valence-corrected chi connectivity index (χ3v) is 3.08. The van der Waals surface area contributed by atoms with Crippen molar-refractivity contribution in [3.63, 3.8) is 0 Å². The zero-order chi connectivity index (χ0) is 14.7. The van der Waals surface area contributed by atoms with Crippen LogP contribution in [-0.4, -0.2) is 23.2 Å². The first-order valence-electron chi connectivity index (χ1n) is 6.48. The van der Waals surface area contributed by atoms with Gasteiger partial charge in [-0.05, 0) is 24.3 Å². The first-order chi connectivity index (χ1) is 10.3. The van der Waals surface area contributed by atoms with Crippen LogP contribution in [0.15, 0.2) is 65.1 Å². The molecule has 0 unspecified atom stereocenters. The second-order valence-electron chi connectivity index (χ2n) is 4.48. The van der Waals surface area contributed by atoms with E-state index in [0.717, 1.165) is 11.3 Å². The van der Waals surface area contributed by atoms with Gasteiger partial charge in [0.1, 0.15) is 0 Å². The van der Waals surface area contributed by atoms with Crippen LogP contribution in [0.1, 0.15) is 10.7 Å². The van der Waals surface area contributed by atoms with Crippen LogP contribution >= 0.6 is 0 Å². The van der Waals surface area contributed by atoms with Crippen LogP contribution in [0, 0.1) is 0 Å². The molecule has 0 spiro atoms. The molecule has 2 aromatic carbocycles. The summed E-state index contributed by atoms with van der Waals surface area (Å²) < 4.78 is 5.46. The van der Waals surface area contributed by atoms with Crippen molar-refractivity contribution in [2.24, 2.45) is 0 Å². The van der Waals surface area contributed by atoms with E-state index in [9.17, 15) is 4.79 Å². The molecule has 5 heteroatoms. The average Bonchev–Trinajstić information content (AvgIpc) is 3.05. The zero-order valence-electron chi connectivity index (χ0n) is 11.4. The molecule has 0 radical (unpaired) electrons. The van der Waals surface area contributed by atoms with Crippen LogP contribution < -0.4 is 4.90 Å². The van der Waals surface area contributed by atoms with Gasteiger partial charge in [0.15, 0.2) is 0 Å². The highest BCUT2D eigenvalue weighted by atomic mass is 16.4. The fourth-order valence-corrected chi connectivity index (χ4v) is 1.92. The highest BCUT2D eigenvalue weighted by molar-refractivity contribution is 6.02. The number of para-hydroxylation sites is 1. The largest absolute Gasteiger partial charge is 0.412 e. The minimum atomic E-state index is -0.337. The maximum atomic E-state index is 12.3. The minimum Gasteiger partial charge on any atom is -0.412 e. The third-order valence-electron chi connectivity index (χ3n) is 3.08. The van der Waals surface area contributed by atoms with E-state index < -0.39 is 0 Å². The molecule has 5 nitrogen and oxygen atoms in total. The number of carbonyl (C=O) groups excluding carboxylic acids is 1. The Balaban J connectivity index is 1.85. The third kappa shape index (κ3) is 2.67. The summed E-state index contributed by atoms with van der Waals surface area (Å²) in [5.74, 6) is -0.0310. The Morgan fingerprint density at radius 2 is 1.57 bits per heavy atom. The molecule has 1 heterocycles. The Labute approximate surface area is 121 Å². The van der Waals surface area contributed by atoms with Gasteiger partial charge in [-0.1, -0.05) is 36.4 Å². The molecule has 0 fully saturated rings. The van der Waals surface area contributed by atoms with Gasteiger partial charge in [0.05, 0.1) is 0 Å². The van der Waals surface area contributed by atoms with Crippen molar-refractivity contribution in [3.05, 3.63) is 66.6 Å². The molecule has 21 heavy (non-hydrogen) atoms. The lowest BCUT2D eigenvalue weighted by Gasteiger charge is -2.14. The Bertz CT molecular complexity index is 738. The SMILES string of the molecule is CN(C(=O)c1nnc(-c2ccccc2)o1)c1ccccc1.